The van der Waals surface area contributed by atoms with Crippen molar-refractivity contribution in [1.29, 1.82) is 0 Å². The van der Waals surface area contributed by atoms with E-state index in [1.807, 2.05) is 60.0 Å². The fourth-order valence-electron chi connectivity index (χ4n) is 2.23. The molecule has 1 aromatic heterocycles. The van der Waals surface area contributed by atoms with Crippen LogP contribution in [0.1, 0.15) is 12.5 Å². The van der Waals surface area contributed by atoms with E-state index in [1.54, 1.807) is 0 Å². The number of benzene rings is 2. The molecule has 1 amide bonds. The van der Waals surface area contributed by atoms with Crippen LogP contribution in [0, 0.1) is 0 Å². The van der Waals surface area contributed by atoms with Gasteiger partial charge in [-0.2, -0.15) is 0 Å². The van der Waals surface area contributed by atoms with Crippen LogP contribution in [0.2, 0.25) is 0 Å². The van der Waals surface area contributed by atoms with Gasteiger partial charge in [-0.15, -0.1) is 11.3 Å². The lowest BCUT2D eigenvalue weighted by Crippen LogP contribution is -2.20. The topological polar surface area (TPSA) is 51.2 Å². The number of rotatable bonds is 6. The highest BCUT2D eigenvalue weighted by Crippen LogP contribution is 2.24. The number of anilines is 1. The quantitative estimate of drug-likeness (QED) is 0.725. The molecule has 3 aromatic rings. The van der Waals surface area contributed by atoms with Crippen LogP contribution < -0.4 is 10.1 Å². The lowest BCUT2D eigenvalue weighted by molar-refractivity contribution is -0.118. The first-order chi connectivity index (χ1) is 11.7. The summed E-state index contributed by atoms with van der Waals surface area (Å²) >= 11 is 1.40. The molecule has 4 nitrogen and oxygen atoms in total. The number of amides is 1. The summed E-state index contributed by atoms with van der Waals surface area (Å²) in [6.07, 6.45) is 0.935. The van der Waals surface area contributed by atoms with Crippen LogP contribution in [0.15, 0.2) is 60.0 Å². The summed E-state index contributed by atoms with van der Waals surface area (Å²) in [5.74, 6) is 0.486. The standard InChI is InChI=1S/C19H18N2O2S/c1-2-14-7-6-10-16(11-14)23-12-18(22)21-19-20-17(13-24-19)15-8-4-3-5-9-15/h3-11,13H,2,12H2,1H3,(H,20,21,22). The predicted molar refractivity (Wildman–Crippen MR) is 97.5 cm³/mol. The molecule has 0 atom stereocenters. The average Bonchev–Trinajstić information content (AvgIpc) is 3.09. The van der Waals surface area contributed by atoms with E-state index in [-0.39, 0.29) is 12.5 Å². The number of hydrogen-bond acceptors (Lipinski definition) is 4. The van der Waals surface area contributed by atoms with Gasteiger partial charge in [0.25, 0.3) is 5.91 Å². The van der Waals surface area contributed by atoms with Gasteiger partial charge in [0, 0.05) is 10.9 Å². The molecule has 0 fully saturated rings. The molecule has 24 heavy (non-hydrogen) atoms. The maximum atomic E-state index is 12.0. The first-order valence-corrected chi connectivity index (χ1v) is 8.65. The Kier molecular flexibility index (Phi) is 5.23. The van der Waals surface area contributed by atoms with Crippen molar-refractivity contribution >= 4 is 22.4 Å². The zero-order valence-electron chi connectivity index (χ0n) is 13.4. The third kappa shape index (κ3) is 4.20. The molecule has 0 aliphatic heterocycles. The van der Waals surface area contributed by atoms with Gasteiger partial charge in [-0.3, -0.25) is 10.1 Å². The molecule has 1 heterocycles. The van der Waals surface area contributed by atoms with E-state index in [9.17, 15) is 4.79 Å². The predicted octanol–water partition coefficient (Wildman–Crippen LogP) is 4.39. The van der Waals surface area contributed by atoms with Crippen LogP contribution in [0.3, 0.4) is 0 Å². The number of nitrogens with one attached hydrogen (secondary N) is 1. The molecule has 3 rings (SSSR count). The molecule has 0 bridgehead atoms. The third-order valence-corrected chi connectivity index (χ3v) is 4.25. The van der Waals surface area contributed by atoms with E-state index >= 15 is 0 Å². The molecule has 0 spiro atoms. The number of thiazole rings is 1. The number of carbonyl (C=O) groups excluding carboxylic acids is 1. The number of nitrogens with zero attached hydrogens (tertiary/aromatic N) is 1. The van der Waals surface area contributed by atoms with Crippen molar-refractivity contribution in [3.05, 3.63) is 65.5 Å². The average molecular weight is 338 g/mol. The number of carbonyl (C=O) groups is 1. The first kappa shape index (κ1) is 16.2. The summed E-state index contributed by atoms with van der Waals surface area (Å²) < 4.78 is 5.54. The van der Waals surface area contributed by atoms with Gasteiger partial charge in [0.2, 0.25) is 0 Å². The molecule has 0 saturated carbocycles. The molecule has 0 aliphatic carbocycles. The minimum absolute atomic E-state index is 0.0343. The zero-order chi connectivity index (χ0) is 16.8. The van der Waals surface area contributed by atoms with Crippen molar-refractivity contribution in [2.24, 2.45) is 0 Å². The van der Waals surface area contributed by atoms with Crippen LogP contribution in [0.25, 0.3) is 11.3 Å². The van der Waals surface area contributed by atoms with Crippen LogP contribution in [0.5, 0.6) is 5.75 Å². The molecule has 5 heteroatoms. The molecule has 0 unspecified atom stereocenters. The Morgan fingerprint density at radius 1 is 1.17 bits per heavy atom. The van der Waals surface area contributed by atoms with Crippen molar-refractivity contribution < 1.29 is 9.53 Å². The molecule has 0 aliphatic rings. The first-order valence-electron chi connectivity index (χ1n) is 7.77. The van der Waals surface area contributed by atoms with Gasteiger partial charge in [-0.05, 0) is 24.1 Å². The van der Waals surface area contributed by atoms with Crippen molar-refractivity contribution in [2.75, 3.05) is 11.9 Å². The number of aromatic nitrogens is 1. The highest BCUT2D eigenvalue weighted by molar-refractivity contribution is 7.14. The highest BCUT2D eigenvalue weighted by atomic mass is 32.1. The normalized spacial score (nSPS) is 10.4. The second-order valence-corrected chi connectivity index (χ2v) is 6.10. The van der Waals surface area contributed by atoms with E-state index < -0.39 is 0 Å². The summed E-state index contributed by atoms with van der Waals surface area (Å²) in [7, 11) is 0. The van der Waals surface area contributed by atoms with E-state index in [2.05, 4.69) is 17.2 Å². The van der Waals surface area contributed by atoms with E-state index in [1.165, 1.54) is 16.9 Å². The lowest BCUT2D eigenvalue weighted by Gasteiger charge is -2.07. The van der Waals surface area contributed by atoms with Crippen LogP contribution in [-0.2, 0) is 11.2 Å². The van der Waals surface area contributed by atoms with E-state index in [4.69, 9.17) is 4.74 Å². The molecular formula is C19H18N2O2S. The minimum atomic E-state index is -0.217. The summed E-state index contributed by atoms with van der Waals surface area (Å²) in [6, 6.07) is 17.6. The van der Waals surface area contributed by atoms with E-state index in [0.29, 0.717) is 10.9 Å². The van der Waals surface area contributed by atoms with Gasteiger partial charge in [0.05, 0.1) is 5.69 Å². The Hall–Kier alpha value is -2.66. The molecule has 1 N–H and O–H groups in total. The Bertz CT molecular complexity index is 815. The Morgan fingerprint density at radius 2 is 2.00 bits per heavy atom. The van der Waals surface area contributed by atoms with Crippen LogP contribution >= 0.6 is 11.3 Å². The summed E-state index contributed by atoms with van der Waals surface area (Å²) in [6.45, 7) is 2.05. The maximum Gasteiger partial charge on any atom is 0.264 e. The van der Waals surface area contributed by atoms with Crippen molar-refractivity contribution in [3.63, 3.8) is 0 Å². The minimum Gasteiger partial charge on any atom is -0.484 e. The fraction of sp³-hybridized carbons (Fsp3) is 0.158. The third-order valence-electron chi connectivity index (χ3n) is 3.50. The number of hydrogen-bond donors (Lipinski definition) is 1. The summed E-state index contributed by atoms with van der Waals surface area (Å²) in [4.78, 5) is 16.5. The van der Waals surface area contributed by atoms with Gasteiger partial charge in [0.15, 0.2) is 11.7 Å². The van der Waals surface area contributed by atoms with Crippen LogP contribution in [0.4, 0.5) is 5.13 Å². The summed E-state index contributed by atoms with van der Waals surface area (Å²) in [5, 5.41) is 5.28. The van der Waals surface area contributed by atoms with Gasteiger partial charge in [-0.1, -0.05) is 49.4 Å². The SMILES string of the molecule is CCc1cccc(OCC(=O)Nc2nc(-c3ccccc3)cs2)c1. The van der Waals surface area contributed by atoms with Gasteiger partial charge < -0.3 is 4.74 Å². The highest BCUT2D eigenvalue weighted by Gasteiger charge is 2.08. The number of aryl methyl sites for hydroxylation is 1. The largest absolute Gasteiger partial charge is 0.484 e. The molecule has 0 saturated heterocycles. The lowest BCUT2D eigenvalue weighted by atomic mass is 10.2. The monoisotopic (exact) mass is 338 g/mol. The number of ether oxygens (including phenoxy) is 1. The molecular weight excluding hydrogens is 320 g/mol. The zero-order valence-corrected chi connectivity index (χ0v) is 14.2. The molecule has 122 valence electrons. The smallest absolute Gasteiger partial charge is 0.264 e. The molecule has 2 aromatic carbocycles. The Labute approximate surface area is 145 Å². The van der Waals surface area contributed by atoms with Crippen LogP contribution in [-0.4, -0.2) is 17.5 Å². The Balaban J connectivity index is 1.56. The van der Waals surface area contributed by atoms with Crippen molar-refractivity contribution in [3.8, 4) is 17.0 Å². The maximum absolute atomic E-state index is 12.0. The Morgan fingerprint density at radius 3 is 2.79 bits per heavy atom. The van der Waals surface area contributed by atoms with Crippen molar-refractivity contribution in [2.45, 2.75) is 13.3 Å². The van der Waals surface area contributed by atoms with Gasteiger partial charge >= 0.3 is 0 Å². The summed E-state index contributed by atoms with van der Waals surface area (Å²) in [5.41, 5.74) is 3.06. The second kappa shape index (κ2) is 7.75. The second-order valence-electron chi connectivity index (χ2n) is 5.24. The molecule has 0 radical (unpaired) electrons. The van der Waals surface area contributed by atoms with Gasteiger partial charge in [-0.25, -0.2) is 4.98 Å². The van der Waals surface area contributed by atoms with Crippen molar-refractivity contribution in [1.82, 2.24) is 4.98 Å². The van der Waals surface area contributed by atoms with E-state index in [0.717, 1.165) is 17.7 Å². The fourth-order valence-corrected chi connectivity index (χ4v) is 2.97. The van der Waals surface area contributed by atoms with Gasteiger partial charge in [0.1, 0.15) is 5.75 Å².